The highest BCUT2D eigenvalue weighted by molar-refractivity contribution is 6.03. The van der Waals surface area contributed by atoms with Gasteiger partial charge in [0.1, 0.15) is 11.6 Å². The summed E-state index contributed by atoms with van der Waals surface area (Å²) in [7, 11) is 0. The van der Waals surface area contributed by atoms with Crippen LogP contribution in [0, 0.1) is 22.9 Å². The first-order valence-corrected chi connectivity index (χ1v) is 7.32. The normalized spacial score (nSPS) is 10.5. The van der Waals surface area contributed by atoms with Crippen LogP contribution in [-0.2, 0) is 0 Å². The minimum Gasteiger partial charge on any atom is -0.306 e. The van der Waals surface area contributed by atoms with E-state index in [0.717, 1.165) is 6.07 Å². The number of aryl methyl sites for hydroxylation is 1. The Hall–Kier alpha value is -3.55. The minimum atomic E-state index is -0.507. The Labute approximate surface area is 141 Å². The van der Waals surface area contributed by atoms with Gasteiger partial charge in [0.15, 0.2) is 0 Å². The maximum absolute atomic E-state index is 13.3. The summed E-state index contributed by atoms with van der Waals surface area (Å²) in [5, 5.41) is 17.7. The number of carbonyl (C=O) groups excluding carboxylic acids is 1. The van der Waals surface area contributed by atoms with Crippen molar-refractivity contribution in [2.45, 2.75) is 6.92 Å². The van der Waals surface area contributed by atoms with Gasteiger partial charge in [-0.3, -0.25) is 14.9 Å². The molecule has 0 aliphatic heterocycles. The van der Waals surface area contributed by atoms with E-state index in [1.54, 1.807) is 13.0 Å². The van der Waals surface area contributed by atoms with Gasteiger partial charge in [0.25, 0.3) is 11.6 Å². The number of halogens is 1. The number of nitrogens with zero attached hydrogens (tertiary/aromatic N) is 3. The number of hydrogen-bond acceptors (Lipinski definition) is 4. The molecule has 7 nitrogen and oxygen atoms in total. The molecule has 3 aromatic rings. The molecule has 1 N–H and O–H groups in total. The lowest BCUT2D eigenvalue weighted by Crippen LogP contribution is -2.15. The molecule has 0 saturated heterocycles. The SMILES string of the molecule is Cc1cc(NC(=O)c2cccc(F)c2)n(-c2ccc([N+](=O)[O-])cc2)n1. The molecule has 0 saturated carbocycles. The molecule has 0 unspecified atom stereocenters. The third-order valence-corrected chi connectivity index (χ3v) is 3.47. The number of hydrogen-bond donors (Lipinski definition) is 1. The number of anilines is 1. The molecule has 0 bridgehead atoms. The Balaban J connectivity index is 1.90. The number of carbonyl (C=O) groups is 1. The van der Waals surface area contributed by atoms with Crippen LogP contribution in [0.2, 0.25) is 0 Å². The Kier molecular flexibility index (Phi) is 4.25. The van der Waals surface area contributed by atoms with Crippen LogP contribution < -0.4 is 5.32 Å². The third kappa shape index (κ3) is 3.52. The first-order chi connectivity index (χ1) is 11.9. The minimum absolute atomic E-state index is 0.0435. The van der Waals surface area contributed by atoms with Gasteiger partial charge in [0.2, 0.25) is 0 Å². The van der Waals surface area contributed by atoms with Crippen molar-refractivity contribution < 1.29 is 14.1 Å². The summed E-state index contributed by atoms with van der Waals surface area (Å²) in [5.41, 5.74) is 1.33. The predicted molar refractivity (Wildman–Crippen MR) is 89.3 cm³/mol. The molecule has 0 aliphatic rings. The molecular formula is C17H13FN4O3. The van der Waals surface area contributed by atoms with Gasteiger partial charge in [-0.05, 0) is 37.3 Å². The lowest BCUT2D eigenvalue weighted by atomic mass is 10.2. The average Bonchev–Trinajstić information content (AvgIpc) is 2.95. The fourth-order valence-electron chi connectivity index (χ4n) is 2.32. The van der Waals surface area contributed by atoms with Crippen LogP contribution in [0.15, 0.2) is 54.6 Å². The molecule has 126 valence electrons. The summed E-state index contributed by atoms with van der Waals surface area (Å²) in [6, 6.07) is 12.7. The molecule has 0 radical (unpaired) electrons. The van der Waals surface area contributed by atoms with Gasteiger partial charge in [-0.2, -0.15) is 5.10 Å². The zero-order valence-electron chi connectivity index (χ0n) is 13.1. The molecule has 0 aliphatic carbocycles. The fourth-order valence-corrected chi connectivity index (χ4v) is 2.32. The van der Waals surface area contributed by atoms with E-state index in [1.165, 1.54) is 47.1 Å². The Morgan fingerprint density at radius 3 is 2.56 bits per heavy atom. The van der Waals surface area contributed by atoms with Crippen LogP contribution in [-0.4, -0.2) is 20.6 Å². The molecule has 1 aromatic heterocycles. The van der Waals surface area contributed by atoms with Crippen LogP contribution in [0.25, 0.3) is 5.69 Å². The lowest BCUT2D eigenvalue weighted by molar-refractivity contribution is -0.384. The quantitative estimate of drug-likeness (QED) is 0.581. The van der Waals surface area contributed by atoms with Gasteiger partial charge in [0.05, 0.1) is 16.3 Å². The number of nitro benzene ring substituents is 1. The molecule has 2 aromatic carbocycles. The van der Waals surface area contributed by atoms with E-state index in [2.05, 4.69) is 10.4 Å². The van der Waals surface area contributed by atoms with Crippen molar-refractivity contribution in [2.24, 2.45) is 0 Å². The van der Waals surface area contributed by atoms with Gasteiger partial charge in [0, 0.05) is 23.8 Å². The van der Waals surface area contributed by atoms with Crippen molar-refractivity contribution in [1.29, 1.82) is 0 Å². The molecule has 25 heavy (non-hydrogen) atoms. The van der Waals surface area contributed by atoms with Gasteiger partial charge < -0.3 is 5.32 Å². The highest BCUT2D eigenvalue weighted by Gasteiger charge is 2.14. The van der Waals surface area contributed by atoms with Crippen LogP contribution in [0.4, 0.5) is 15.9 Å². The van der Waals surface area contributed by atoms with E-state index < -0.39 is 16.6 Å². The van der Waals surface area contributed by atoms with Crippen molar-refractivity contribution in [3.63, 3.8) is 0 Å². The number of amides is 1. The first kappa shape index (κ1) is 16.3. The lowest BCUT2D eigenvalue weighted by Gasteiger charge is -2.09. The molecule has 0 spiro atoms. The topological polar surface area (TPSA) is 90.1 Å². The van der Waals surface area contributed by atoms with Crippen LogP contribution >= 0.6 is 0 Å². The molecule has 0 fully saturated rings. The van der Waals surface area contributed by atoms with Crippen molar-refractivity contribution in [3.05, 3.63) is 81.8 Å². The number of aromatic nitrogens is 2. The smallest absolute Gasteiger partial charge is 0.269 e. The van der Waals surface area contributed by atoms with Gasteiger partial charge in [-0.1, -0.05) is 6.07 Å². The number of rotatable bonds is 4. The summed E-state index contributed by atoms with van der Waals surface area (Å²) in [5.74, 6) is -0.615. The van der Waals surface area contributed by atoms with Gasteiger partial charge in [-0.15, -0.1) is 0 Å². The van der Waals surface area contributed by atoms with E-state index in [9.17, 15) is 19.3 Å². The predicted octanol–water partition coefficient (Wildman–Crippen LogP) is 3.48. The molecule has 8 heteroatoms. The summed E-state index contributed by atoms with van der Waals surface area (Å²) < 4.78 is 14.7. The van der Waals surface area contributed by atoms with Crippen molar-refractivity contribution in [3.8, 4) is 5.69 Å². The van der Waals surface area contributed by atoms with E-state index in [4.69, 9.17) is 0 Å². The second kappa shape index (κ2) is 6.52. The van der Waals surface area contributed by atoms with E-state index in [1.807, 2.05) is 0 Å². The summed E-state index contributed by atoms with van der Waals surface area (Å²) >= 11 is 0. The number of non-ortho nitro benzene ring substituents is 1. The van der Waals surface area contributed by atoms with E-state index in [-0.39, 0.29) is 11.3 Å². The van der Waals surface area contributed by atoms with Gasteiger partial charge in [-0.25, -0.2) is 9.07 Å². The Morgan fingerprint density at radius 2 is 1.92 bits per heavy atom. The average molecular weight is 340 g/mol. The molecule has 0 atom stereocenters. The van der Waals surface area contributed by atoms with Crippen molar-refractivity contribution >= 4 is 17.4 Å². The second-order valence-electron chi connectivity index (χ2n) is 5.32. The van der Waals surface area contributed by atoms with Crippen molar-refractivity contribution in [2.75, 3.05) is 5.32 Å². The largest absolute Gasteiger partial charge is 0.306 e. The molecule has 3 rings (SSSR count). The van der Waals surface area contributed by atoms with Crippen LogP contribution in [0.1, 0.15) is 16.1 Å². The van der Waals surface area contributed by atoms with E-state index >= 15 is 0 Å². The summed E-state index contributed by atoms with van der Waals surface area (Å²) in [6.45, 7) is 1.75. The van der Waals surface area contributed by atoms with Crippen LogP contribution in [0.5, 0.6) is 0 Å². The molecular weight excluding hydrogens is 327 g/mol. The fraction of sp³-hybridized carbons (Fsp3) is 0.0588. The molecule has 1 amide bonds. The Bertz CT molecular complexity index is 951. The van der Waals surface area contributed by atoms with Crippen LogP contribution in [0.3, 0.4) is 0 Å². The zero-order valence-corrected chi connectivity index (χ0v) is 13.1. The standard InChI is InChI=1S/C17H13FN4O3/c1-11-9-16(19-17(23)12-3-2-4-13(18)10-12)21(20-11)14-5-7-15(8-6-14)22(24)25/h2-10H,1H3,(H,19,23). The highest BCUT2D eigenvalue weighted by Crippen LogP contribution is 2.20. The molecule has 1 heterocycles. The maximum Gasteiger partial charge on any atom is 0.269 e. The summed E-state index contributed by atoms with van der Waals surface area (Å²) in [6.07, 6.45) is 0. The van der Waals surface area contributed by atoms with E-state index in [0.29, 0.717) is 17.2 Å². The monoisotopic (exact) mass is 340 g/mol. The van der Waals surface area contributed by atoms with Gasteiger partial charge >= 0.3 is 0 Å². The maximum atomic E-state index is 13.3. The summed E-state index contributed by atoms with van der Waals surface area (Å²) in [4.78, 5) is 22.5. The third-order valence-electron chi connectivity index (χ3n) is 3.47. The highest BCUT2D eigenvalue weighted by atomic mass is 19.1. The number of nitrogens with one attached hydrogen (secondary N) is 1. The second-order valence-corrected chi connectivity index (χ2v) is 5.32. The Morgan fingerprint density at radius 1 is 1.20 bits per heavy atom. The number of benzene rings is 2. The van der Waals surface area contributed by atoms with Crippen molar-refractivity contribution in [1.82, 2.24) is 9.78 Å². The number of nitro groups is 1. The zero-order chi connectivity index (χ0) is 18.0. The first-order valence-electron chi connectivity index (χ1n) is 7.32.